The smallest absolute Gasteiger partial charge is 0.416 e. The second-order valence-corrected chi connectivity index (χ2v) is 9.59. The van der Waals surface area contributed by atoms with Crippen molar-refractivity contribution in [3.63, 3.8) is 0 Å². The van der Waals surface area contributed by atoms with Crippen molar-refractivity contribution < 1.29 is 58.9 Å². The highest BCUT2D eigenvalue weighted by atomic mass is 19.4. The molecule has 2 atom stereocenters. The van der Waals surface area contributed by atoms with Crippen LogP contribution in [0.2, 0.25) is 0 Å². The molecule has 1 fully saturated rings. The zero-order chi connectivity index (χ0) is 29.8. The number of carboxylic acid groups (broad SMARTS) is 1. The number of nitrogens with zero attached hydrogens (tertiary/aromatic N) is 2. The molecule has 1 aliphatic carbocycles. The van der Waals surface area contributed by atoms with Gasteiger partial charge in [0, 0.05) is 12.6 Å². The molecule has 2 aliphatic rings. The number of amides is 2. The van der Waals surface area contributed by atoms with Crippen LogP contribution in [0.25, 0.3) is 0 Å². The third-order valence-corrected chi connectivity index (χ3v) is 6.93. The van der Waals surface area contributed by atoms with Gasteiger partial charge in [-0.25, -0.2) is 9.59 Å². The van der Waals surface area contributed by atoms with Gasteiger partial charge in [-0.2, -0.15) is 39.5 Å². The molecule has 0 aromatic heterocycles. The van der Waals surface area contributed by atoms with Crippen molar-refractivity contribution in [1.29, 1.82) is 0 Å². The zero-order valence-electron chi connectivity index (χ0n) is 20.5. The molecule has 0 bridgehead atoms. The molecule has 1 saturated carbocycles. The van der Waals surface area contributed by atoms with Gasteiger partial charge >= 0.3 is 30.7 Å². The van der Waals surface area contributed by atoms with E-state index < -0.39 is 71.6 Å². The highest BCUT2D eigenvalue weighted by Crippen LogP contribution is 2.50. The van der Waals surface area contributed by atoms with Gasteiger partial charge in [0.05, 0.1) is 35.5 Å². The van der Waals surface area contributed by atoms with Crippen LogP contribution in [0.5, 0.6) is 0 Å². The summed E-state index contributed by atoms with van der Waals surface area (Å²) in [4.78, 5) is 26.7. The van der Waals surface area contributed by atoms with Gasteiger partial charge in [-0.3, -0.25) is 9.80 Å². The Kier molecular flexibility index (Phi) is 7.39. The Labute approximate surface area is 220 Å². The molecule has 40 heavy (non-hydrogen) atoms. The lowest BCUT2D eigenvalue weighted by molar-refractivity contribution is -0.143. The molecule has 2 aromatic carbocycles. The van der Waals surface area contributed by atoms with Crippen LogP contribution in [-0.2, 0) is 29.8 Å². The van der Waals surface area contributed by atoms with E-state index in [0.29, 0.717) is 37.1 Å². The molecule has 2 aromatic rings. The van der Waals surface area contributed by atoms with Crippen molar-refractivity contribution in [2.45, 2.75) is 56.4 Å². The average molecular weight is 584 g/mol. The van der Waals surface area contributed by atoms with Crippen molar-refractivity contribution in [3.05, 3.63) is 64.2 Å². The average Bonchev–Trinajstić information content (AvgIpc) is 3.69. The normalized spacial score (nSPS) is 19.7. The summed E-state index contributed by atoms with van der Waals surface area (Å²) in [6.45, 7) is -0.898. The molecule has 2 unspecified atom stereocenters. The van der Waals surface area contributed by atoms with Gasteiger partial charge in [0.25, 0.3) is 0 Å². The van der Waals surface area contributed by atoms with Gasteiger partial charge in [0.1, 0.15) is 0 Å². The molecule has 0 saturated heterocycles. The maximum Gasteiger partial charge on any atom is 0.416 e. The summed E-state index contributed by atoms with van der Waals surface area (Å²) in [7, 11) is 0.889. The van der Waals surface area contributed by atoms with E-state index >= 15 is 0 Å². The first-order valence-corrected chi connectivity index (χ1v) is 11.8. The Morgan fingerprint density at radius 2 is 1.45 bits per heavy atom. The van der Waals surface area contributed by atoms with Crippen LogP contribution in [0.4, 0.5) is 54.8 Å². The second kappa shape index (κ2) is 10.1. The number of ether oxygens (including phenoxy) is 1. The van der Waals surface area contributed by atoms with Crippen LogP contribution in [0.15, 0.2) is 36.4 Å². The van der Waals surface area contributed by atoms with Crippen LogP contribution in [0.3, 0.4) is 0 Å². The van der Waals surface area contributed by atoms with E-state index in [1.165, 1.54) is 0 Å². The van der Waals surface area contributed by atoms with Crippen LogP contribution in [0, 0.1) is 5.92 Å². The molecule has 4 rings (SSSR count). The molecular formula is C25H21F9N2O4. The Hall–Kier alpha value is -3.65. The van der Waals surface area contributed by atoms with E-state index in [1.807, 2.05) is 0 Å². The van der Waals surface area contributed by atoms with Crippen LogP contribution >= 0.6 is 0 Å². The van der Waals surface area contributed by atoms with Gasteiger partial charge in [-0.1, -0.05) is 0 Å². The SMILES string of the molecule is COC(=O)N(Cc1cc(C(F)(F)F)cc(C(F)(F)F)c1)C1CC(C2CC2)N(C(=O)O)c2ccc(C(F)(F)F)cc21. The van der Waals surface area contributed by atoms with E-state index in [1.54, 1.807) is 0 Å². The van der Waals surface area contributed by atoms with E-state index in [2.05, 4.69) is 0 Å². The number of alkyl halides is 9. The molecule has 1 N–H and O–H groups in total. The number of carbonyl (C=O) groups excluding carboxylic acids is 1. The number of hydrogen-bond donors (Lipinski definition) is 1. The van der Waals surface area contributed by atoms with E-state index in [4.69, 9.17) is 4.74 Å². The van der Waals surface area contributed by atoms with Crippen molar-refractivity contribution >= 4 is 17.9 Å². The largest absolute Gasteiger partial charge is 0.465 e. The number of rotatable bonds is 4. The number of methoxy groups -OCH3 is 1. The summed E-state index contributed by atoms with van der Waals surface area (Å²) in [5.74, 6) is -0.209. The molecular weight excluding hydrogens is 563 g/mol. The summed E-state index contributed by atoms with van der Waals surface area (Å²) < 4.78 is 126. The van der Waals surface area contributed by atoms with Crippen LogP contribution in [0.1, 0.15) is 53.1 Å². The van der Waals surface area contributed by atoms with Crippen molar-refractivity contribution in [2.24, 2.45) is 5.92 Å². The number of fused-ring (bicyclic) bond motifs is 1. The topological polar surface area (TPSA) is 70.1 Å². The first kappa shape index (κ1) is 29.3. The molecule has 0 spiro atoms. The Morgan fingerprint density at radius 3 is 1.90 bits per heavy atom. The second-order valence-electron chi connectivity index (χ2n) is 9.59. The standard InChI is InChI=1S/C25H21F9N2O4/c1-40-22(39)35(11-12-6-15(24(29,30)31)8-16(7-12)25(32,33)34)20-10-19(13-2-3-13)36(21(37)38)18-5-4-14(9-17(18)20)23(26,27)28/h4-9,13,19-20H,2-3,10-11H2,1H3,(H,37,38). The Morgan fingerprint density at radius 1 is 0.900 bits per heavy atom. The monoisotopic (exact) mass is 584 g/mol. The summed E-state index contributed by atoms with van der Waals surface area (Å²) in [6, 6.07) is 0.752. The first-order valence-electron chi connectivity index (χ1n) is 11.8. The lowest BCUT2D eigenvalue weighted by Gasteiger charge is -2.43. The predicted octanol–water partition coefficient (Wildman–Crippen LogP) is 7.72. The zero-order valence-corrected chi connectivity index (χ0v) is 20.5. The van der Waals surface area contributed by atoms with Crippen LogP contribution in [-0.4, -0.2) is 35.3 Å². The van der Waals surface area contributed by atoms with Crippen molar-refractivity contribution in [1.82, 2.24) is 4.90 Å². The fourth-order valence-corrected chi connectivity index (χ4v) is 5.01. The third kappa shape index (κ3) is 5.92. The van der Waals surface area contributed by atoms with Gasteiger partial charge < -0.3 is 9.84 Å². The van der Waals surface area contributed by atoms with Crippen LogP contribution < -0.4 is 4.90 Å². The summed E-state index contributed by atoms with van der Waals surface area (Å²) in [6.07, 6.45) is -17.0. The van der Waals surface area contributed by atoms with Crippen molar-refractivity contribution in [3.8, 4) is 0 Å². The molecule has 0 radical (unpaired) electrons. The van der Waals surface area contributed by atoms with Gasteiger partial charge in [-0.15, -0.1) is 0 Å². The molecule has 2 amide bonds. The van der Waals surface area contributed by atoms with E-state index in [-0.39, 0.29) is 29.7 Å². The quantitative estimate of drug-likeness (QED) is 0.374. The lowest BCUT2D eigenvalue weighted by atomic mass is 9.86. The minimum atomic E-state index is -5.18. The minimum Gasteiger partial charge on any atom is -0.465 e. The number of carbonyl (C=O) groups is 2. The molecule has 218 valence electrons. The maximum atomic E-state index is 13.6. The summed E-state index contributed by atoms with van der Waals surface area (Å²) >= 11 is 0. The fraction of sp³-hybridized carbons (Fsp3) is 0.440. The Balaban J connectivity index is 1.87. The molecule has 1 heterocycles. The van der Waals surface area contributed by atoms with Gasteiger partial charge in [0.2, 0.25) is 0 Å². The van der Waals surface area contributed by atoms with Gasteiger partial charge in [0.15, 0.2) is 0 Å². The highest BCUT2D eigenvalue weighted by Gasteiger charge is 2.47. The Bertz CT molecular complexity index is 1270. The lowest BCUT2D eigenvalue weighted by Crippen LogP contribution is -2.49. The predicted molar refractivity (Wildman–Crippen MR) is 120 cm³/mol. The fourth-order valence-electron chi connectivity index (χ4n) is 5.01. The number of hydrogen-bond acceptors (Lipinski definition) is 3. The van der Waals surface area contributed by atoms with Crippen molar-refractivity contribution in [2.75, 3.05) is 12.0 Å². The minimum absolute atomic E-state index is 0.0919. The molecule has 15 heteroatoms. The highest BCUT2D eigenvalue weighted by molar-refractivity contribution is 5.89. The molecule has 6 nitrogen and oxygen atoms in total. The first-order chi connectivity index (χ1) is 18.4. The maximum absolute atomic E-state index is 13.6. The third-order valence-electron chi connectivity index (χ3n) is 6.93. The summed E-state index contributed by atoms with van der Waals surface area (Å²) in [5.41, 5.74) is -5.54. The summed E-state index contributed by atoms with van der Waals surface area (Å²) in [5, 5.41) is 9.88. The number of anilines is 1. The number of halogens is 9. The van der Waals surface area contributed by atoms with Gasteiger partial charge in [-0.05, 0) is 72.7 Å². The number of benzene rings is 2. The van der Waals surface area contributed by atoms with E-state index in [9.17, 15) is 54.2 Å². The van der Waals surface area contributed by atoms with E-state index in [0.717, 1.165) is 23.0 Å². The molecule has 1 aliphatic heterocycles.